The Bertz CT molecular complexity index is 1020. The van der Waals surface area contributed by atoms with E-state index in [0.717, 1.165) is 5.56 Å². The Morgan fingerprint density at radius 3 is 2.75 bits per heavy atom. The lowest BCUT2D eigenvalue weighted by atomic mass is 10.1. The molecule has 0 unspecified atom stereocenters. The smallest absolute Gasteiger partial charge is 0.251 e. The average molecular weight is 441 g/mol. The maximum Gasteiger partial charge on any atom is 0.251 e. The molecule has 4 rings (SSSR count). The third kappa shape index (κ3) is 4.92. The number of benzene rings is 1. The fourth-order valence-electron chi connectivity index (χ4n) is 4.36. The van der Waals surface area contributed by atoms with Crippen molar-refractivity contribution in [2.75, 3.05) is 19.7 Å². The van der Waals surface area contributed by atoms with E-state index in [1.165, 1.54) is 0 Å². The molecule has 2 aliphatic heterocycles. The van der Waals surface area contributed by atoms with Crippen molar-refractivity contribution in [1.82, 2.24) is 20.7 Å². The summed E-state index contributed by atoms with van der Waals surface area (Å²) in [4.78, 5) is 40.2. The van der Waals surface area contributed by atoms with Crippen molar-refractivity contribution in [3.8, 4) is 5.75 Å². The second-order valence-corrected chi connectivity index (χ2v) is 8.39. The highest BCUT2D eigenvalue weighted by atomic mass is 16.5. The molecule has 2 aliphatic rings. The SMILES string of the molecule is Cc1cc(CC(=O)N2[C@@H]3CC[C@H]2CC(=O)NCCOc2cc(ccc2C)C(=O)NC3)on1. The van der Waals surface area contributed by atoms with Crippen LogP contribution in [0.5, 0.6) is 5.75 Å². The Kier molecular flexibility index (Phi) is 6.43. The molecule has 0 radical (unpaired) electrons. The summed E-state index contributed by atoms with van der Waals surface area (Å²) in [5, 5.41) is 9.66. The van der Waals surface area contributed by atoms with Gasteiger partial charge in [0, 0.05) is 36.7 Å². The summed E-state index contributed by atoms with van der Waals surface area (Å²) in [5.74, 6) is 0.613. The van der Waals surface area contributed by atoms with Gasteiger partial charge in [-0.05, 0) is 44.4 Å². The molecule has 0 spiro atoms. The Morgan fingerprint density at radius 2 is 1.97 bits per heavy atom. The zero-order valence-electron chi connectivity index (χ0n) is 18.3. The standard InChI is InChI=1S/C23H28N4O5/c1-14-3-4-16-10-20(14)31-8-7-24-21(28)11-17-5-6-18(13-25-23(16)30)27(17)22(29)12-19-9-15(2)26-32-19/h3-4,9-10,17-18H,5-8,11-13H2,1-2H3,(H,24,28)(H,25,30)/t17-,18+/m0/s1. The van der Waals surface area contributed by atoms with Gasteiger partial charge in [-0.15, -0.1) is 0 Å². The molecule has 9 nitrogen and oxygen atoms in total. The second kappa shape index (κ2) is 9.42. The van der Waals surface area contributed by atoms with Crippen LogP contribution in [-0.4, -0.2) is 59.6 Å². The van der Waals surface area contributed by atoms with Crippen LogP contribution < -0.4 is 15.4 Å². The molecule has 0 aliphatic carbocycles. The van der Waals surface area contributed by atoms with Crippen molar-refractivity contribution in [3.05, 3.63) is 46.8 Å². The van der Waals surface area contributed by atoms with E-state index in [9.17, 15) is 14.4 Å². The Hall–Kier alpha value is -3.36. The number of rotatable bonds is 2. The first kappa shape index (κ1) is 21.9. The van der Waals surface area contributed by atoms with Gasteiger partial charge in [-0.25, -0.2) is 0 Å². The summed E-state index contributed by atoms with van der Waals surface area (Å²) < 4.78 is 11.0. The lowest BCUT2D eigenvalue weighted by Crippen LogP contribution is -2.48. The first-order chi connectivity index (χ1) is 15.4. The minimum absolute atomic E-state index is 0.0680. The van der Waals surface area contributed by atoms with Crippen LogP contribution in [0.1, 0.15) is 46.6 Å². The van der Waals surface area contributed by atoms with E-state index in [4.69, 9.17) is 9.26 Å². The van der Waals surface area contributed by atoms with Gasteiger partial charge in [-0.3, -0.25) is 14.4 Å². The van der Waals surface area contributed by atoms with Crippen LogP contribution >= 0.6 is 0 Å². The summed E-state index contributed by atoms with van der Waals surface area (Å²) in [5.41, 5.74) is 2.11. The van der Waals surface area contributed by atoms with Gasteiger partial charge in [-0.2, -0.15) is 0 Å². The van der Waals surface area contributed by atoms with Gasteiger partial charge >= 0.3 is 0 Å². The molecule has 2 aromatic rings. The number of ether oxygens (including phenoxy) is 1. The van der Waals surface area contributed by atoms with Crippen molar-refractivity contribution in [1.29, 1.82) is 0 Å². The van der Waals surface area contributed by atoms with Crippen molar-refractivity contribution in [3.63, 3.8) is 0 Å². The molecule has 32 heavy (non-hydrogen) atoms. The molecule has 1 aromatic carbocycles. The normalized spacial score (nSPS) is 21.8. The lowest BCUT2D eigenvalue weighted by molar-refractivity contribution is -0.134. The van der Waals surface area contributed by atoms with Crippen LogP contribution in [0.25, 0.3) is 0 Å². The van der Waals surface area contributed by atoms with E-state index in [1.54, 1.807) is 30.0 Å². The molecule has 3 heterocycles. The average Bonchev–Trinajstić information content (AvgIpc) is 3.35. The van der Waals surface area contributed by atoms with Gasteiger partial charge in [0.15, 0.2) is 0 Å². The van der Waals surface area contributed by atoms with Gasteiger partial charge < -0.3 is 24.8 Å². The maximum absolute atomic E-state index is 13.2. The number of fused-ring (bicyclic) bond motifs is 4. The van der Waals surface area contributed by atoms with Gasteiger partial charge in [0.1, 0.15) is 18.1 Å². The summed E-state index contributed by atoms with van der Waals surface area (Å²) in [6.07, 6.45) is 1.68. The third-order valence-electron chi connectivity index (χ3n) is 5.96. The van der Waals surface area contributed by atoms with E-state index in [2.05, 4.69) is 15.8 Å². The van der Waals surface area contributed by atoms with Crippen molar-refractivity contribution >= 4 is 17.7 Å². The highest BCUT2D eigenvalue weighted by Crippen LogP contribution is 2.28. The summed E-state index contributed by atoms with van der Waals surface area (Å²) in [6, 6.07) is 6.60. The zero-order valence-corrected chi connectivity index (χ0v) is 18.3. The number of hydrogen-bond acceptors (Lipinski definition) is 6. The highest BCUT2D eigenvalue weighted by molar-refractivity contribution is 5.94. The molecular weight excluding hydrogens is 412 g/mol. The number of hydrogen-bond donors (Lipinski definition) is 2. The summed E-state index contributed by atoms with van der Waals surface area (Å²) in [6.45, 7) is 4.64. The molecule has 0 saturated carbocycles. The molecule has 1 saturated heterocycles. The lowest BCUT2D eigenvalue weighted by Gasteiger charge is -2.30. The predicted octanol–water partition coefficient (Wildman–Crippen LogP) is 1.52. The van der Waals surface area contributed by atoms with Gasteiger partial charge in [-0.1, -0.05) is 11.2 Å². The number of aryl methyl sites for hydroxylation is 2. The van der Waals surface area contributed by atoms with Crippen molar-refractivity contribution < 1.29 is 23.6 Å². The molecule has 2 N–H and O–H groups in total. The highest BCUT2D eigenvalue weighted by Gasteiger charge is 2.38. The van der Waals surface area contributed by atoms with E-state index >= 15 is 0 Å². The molecule has 9 heteroatoms. The fraction of sp³-hybridized carbons (Fsp3) is 0.478. The van der Waals surface area contributed by atoms with Crippen LogP contribution in [0, 0.1) is 13.8 Å². The van der Waals surface area contributed by atoms with Crippen molar-refractivity contribution in [2.45, 2.75) is 51.6 Å². The van der Waals surface area contributed by atoms with Crippen molar-refractivity contribution in [2.24, 2.45) is 0 Å². The zero-order chi connectivity index (χ0) is 22.7. The van der Waals surface area contributed by atoms with Crippen LogP contribution in [-0.2, 0) is 16.0 Å². The van der Waals surface area contributed by atoms with E-state index in [0.29, 0.717) is 55.3 Å². The second-order valence-electron chi connectivity index (χ2n) is 8.39. The van der Waals surface area contributed by atoms with Gasteiger partial charge in [0.2, 0.25) is 11.8 Å². The summed E-state index contributed by atoms with van der Waals surface area (Å²) >= 11 is 0. The topological polar surface area (TPSA) is 114 Å². The van der Waals surface area contributed by atoms with E-state index in [1.807, 2.05) is 13.0 Å². The third-order valence-corrected chi connectivity index (χ3v) is 5.96. The molecule has 170 valence electrons. The number of carbonyl (C=O) groups is 3. The quantitative estimate of drug-likeness (QED) is 0.732. The number of aromatic nitrogens is 1. The van der Waals surface area contributed by atoms with Crippen LogP contribution in [0.2, 0.25) is 0 Å². The van der Waals surface area contributed by atoms with E-state index in [-0.39, 0.29) is 42.6 Å². The fourth-order valence-corrected chi connectivity index (χ4v) is 4.36. The van der Waals surface area contributed by atoms with Gasteiger partial charge in [0.05, 0.1) is 18.7 Å². The summed E-state index contributed by atoms with van der Waals surface area (Å²) in [7, 11) is 0. The predicted molar refractivity (Wildman–Crippen MR) is 115 cm³/mol. The Balaban J connectivity index is 1.55. The molecular formula is C23H28N4O5. The molecule has 4 bridgehead atoms. The minimum Gasteiger partial charge on any atom is -0.491 e. The maximum atomic E-state index is 13.2. The van der Waals surface area contributed by atoms with Gasteiger partial charge in [0.25, 0.3) is 5.91 Å². The minimum atomic E-state index is -0.234. The number of nitrogens with one attached hydrogen (secondary N) is 2. The Labute approximate surface area is 186 Å². The monoisotopic (exact) mass is 440 g/mol. The van der Waals surface area contributed by atoms with E-state index < -0.39 is 0 Å². The Morgan fingerprint density at radius 1 is 1.16 bits per heavy atom. The number of nitrogens with zero attached hydrogens (tertiary/aromatic N) is 2. The number of carbonyl (C=O) groups excluding carboxylic acids is 3. The molecule has 1 aromatic heterocycles. The van der Waals surface area contributed by atoms with Crippen LogP contribution in [0.15, 0.2) is 28.8 Å². The van der Waals surface area contributed by atoms with Crippen LogP contribution in [0.3, 0.4) is 0 Å². The number of amides is 3. The first-order valence-electron chi connectivity index (χ1n) is 10.9. The molecule has 3 amide bonds. The molecule has 2 atom stereocenters. The largest absolute Gasteiger partial charge is 0.491 e. The van der Waals surface area contributed by atoms with Crippen LogP contribution in [0.4, 0.5) is 0 Å². The first-order valence-corrected chi connectivity index (χ1v) is 10.9. The molecule has 1 fully saturated rings.